The molecule has 2 saturated heterocycles. The molecule has 0 N–H and O–H groups in total. The van der Waals surface area contributed by atoms with E-state index in [0.29, 0.717) is 44.3 Å². The van der Waals surface area contributed by atoms with Gasteiger partial charge in [0.2, 0.25) is 15.9 Å². The van der Waals surface area contributed by atoms with E-state index in [9.17, 15) is 13.2 Å². The highest BCUT2D eigenvalue weighted by molar-refractivity contribution is 7.89. The second-order valence-electron chi connectivity index (χ2n) is 7.71. The number of amides is 1. The first-order chi connectivity index (χ1) is 12.7. The highest BCUT2D eigenvalue weighted by Gasteiger charge is 2.34. The zero-order chi connectivity index (χ0) is 19.8. The normalized spacial score (nSPS) is 20.1. The van der Waals surface area contributed by atoms with E-state index in [1.54, 1.807) is 0 Å². The van der Waals surface area contributed by atoms with Gasteiger partial charge in [-0.15, -0.1) is 0 Å². The van der Waals surface area contributed by atoms with Gasteiger partial charge >= 0.3 is 0 Å². The molecule has 0 unspecified atom stereocenters. The Hall–Kier alpha value is -1.44. The first-order valence-corrected chi connectivity index (χ1v) is 11.1. The number of aryl methyl sites for hydroxylation is 2. The second kappa shape index (κ2) is 7.89. The summed E-state index contributed by atoms with van der Waals surface area (Å²) in [4.78, 5) is 14.9. The van der Waals surface area contributed by atoms with Crippen molar-refractivity contribution in [3.63, 3.8) is 0 Å². The number of ether oxygens (including phenoxy) is 1. The number of hydrogen-bond acceptors (Lipinski definition) is 4. The van der Waals surface area contributed by atoms with Crippen LogP contribution in [0, 0.1) is 33.6 Å². The molecule has 0 bridgehead atoms. The molecule has 1 aromatic carbocycles. The molecule has 0 atom stereocenters. The van der Waals surface area contributed by atoms with Crippen LogP contribution in [-0.2, 0) is 19.6 Å². The van der Waals surface area contributed by atoms with Gasteiger partial charge in [0.05, 0.1) is 4.90 Å². The first kappa shape index (κ1) is 20.3. The number of hydrogen-bond donors (Lipinski definition) is 0. The molecular weight excluding hydrogens is 364 g/mol. The summed E-state index contributed by atoms with van der Waals surface area (Å²) in [7, 11) is -3.57. The van der Waals surface area contributed by atoms with Crippen LogP contribution in [-0.4, -0.2) is 62.9 Å². The summed E-state index contributed by atoms with van der Waals surface area (Å²) >= 11 is 0. The van der Waals surface area contributed by atoms with Crippen molar-refractivity contribution in [2.24, 2.45) is 5.92 Å². The van der Waals surface area contributed by atoms with Gasteiger partial charge in [-0.3, -0.25) is 4.79 Å². The standard InChI is InChI=1S/C20H30N2O4S/c1-14-13-15(2)17(4)19(16(14)3)27(24,25)22-9-7-21(8-10-22)20(23)18-5-11-26-12-6-18/h13,18H,5-12H2,1-4H3. The number of rotatable bonds is 3. The molecule has 27 heavy (non-hydrogen) atoms. The number of piperazine rings is 1. The third kappa shape index (κ3) is 3.91. The van der Waals surface area contributed by atoms with Crippen molar-refractivity contribution in [3.05, 3.63) is 28.3 Å². The van der Waals surface area contributed by atoms with E-state index in [1.807, 2.05) is 38.7 Å². The minimum atomic E-state index is -3.57. The lowest BCUT2D eigenvalue weighted by Crippen LogP contribution is -2.52. The molecule has 1 amide bonds. The molecule has 0 spiro atoms. The van der Waals surface area contributed by atoms with Gasteiger partial charge in [-0.2, -0.15) is 4.31 Å². The van der Waals surface area contributed by atoms with Gasteiger partial charge in [-0.25, -0.2) is 8.42 Å². The molecule has 150 valence electrons. The van der Waals surface area contributed by atoms with Crippen molar-refractivity contribution < 1.29 is 17.9 Å². The largest absolute Gasteiger partial charge is 0.381 e. The SMILES string of the molecule is Cc1cc(C)c(C)c(S(=O)(=O)N2CCN(C(=O)C3CCOCC3)CC2)c1C. The first-order valence-electron chi connectivity index (χ1n) is 9.67. The van der Waals surface area contributed by atoms with Crippen LogP contribution in [0.3, 0.4) is 0 Å². The summed E-state index contributed by atoms with van der Waals surface area (Å²) in [5.74, 6) is 0.167. The van der Waals surface area contributed by atoms with Crippen molar-refractivity contribution in [2.75, 3.05) is 39.4 Å². The van der Waals surface area contributed by atoms with E-state index >= 15 is 0 Å². The lowest BCUT2D eigenvalue weighted by molar-refractivity contribution is -0.139. The Morgan fingerprint density at radius 1 is 0.963 bits per heavy atom. The van der Waals surface area contributed by atoms with Crippen LogP contribution in [0.1, 0.15) is 35.1 Å². The number of benzene rings is 1. The van der Waals surface area contributed by atoms with E-state index < -0.39 is 10.0 Å². The Kier molecular flexibility index (Phi) is 5.93. The third-order valence-electron chi connectivity index (χ3n) is 6.02. The number of carbonyl (C=O) groups excluding carboxylic acids is 1. The van der Waals surface area contributed by atoms with E-state index in [1.165, 1.54) is 4.31 Å². The maximum absolute atomic E-state index is 13.3. The van der Waals surface area contributed by atoms with Gasteiger partial charge < -0.3 is 9.64 Å². The van der Waals surface area contributed by atoms with Gasteiger partial charge in [0.15, 0.2) is 0 Å². The van der Waals surface area contributed by atoms with Gasteiger partial charge in [-0.1, -0.05) is 6.07 Å². The molecule has 6 nitrogen and oxygen atoms in total. The zero-order valence-electron chi connectivity index (χ0n) is 16.7. The lowest BCUT2D eigenvalue weighted by Gasteiger charge is -2.37. The van der Waals surface area contributed by atoms with Gasteiger partial charge in [0, 0.05) is 45.3 Å². The van der Waals surface area contributed by atoms with Crippen LogP contribution in [0.15, 0.2) is 11.0 Å². The smallest absolute Gasteiger partial charge is 0.243 e. The quantitative estimate of drug-likeness (QED) is 0.788. The zero-order valence-corrected chi connectivity index (χ0v) is 17.6. The molecule has 0 saturated carbocycles. The molecule has 3 rings (SSSR count). The molecule has 0 aliphatic carbocycles. The number of sulfonamides is 1. The monoisotopic (exact) mass is 394 g/mol. The number of carbonyl (C=O) groups is 1. The van der Waals surface area contributed by atoms with Gasteiger partial charge in [-0.05, 0) is 62.8 Å². The molecule has 7 heteroatoms. The Bertz CT molecular complexity index is 795. The molecule has 1 aromatic rings. The topological polar surface area (TPSA) is 66.9 Å². The van der Waals surface area contributed by atoms with Gasteiger partial charge in [0.25, 0.3) is 0 Å². The van der Waals surface area contributed by atoms with Crippen LogP contribution < -0.4 is 0 Å². The van der Waals surface area contributed by atoms with E-state index in [2.05, 4.69) is 0 Å². The third-order valence-corrected chi connectivity index (χ3v) is 8.19. The van der Waals surface area contributed by atoms with Gasteiger partial charge in [0.1, 0.15) is 0 Å². The van der Waals surface area contributed by atoms with Crippen LogP contribution >= 0.6 is 0 Å². The summed E-state index contributed by atoms with van der Waals surface area (Å²) in [5, 5.41) is 0. The fraction of sp³-hybridized carbons (Fsp3) is 0.650. The van der Waals surface area contributed by atoms with Crippen molar-refractivity contribution in [3.8, 4) is 0 Å². The van der Waals surface area contributed by atoms with Crippen molar-refractivity contribution in [1.82, 2.24) is 9.21 Å². The minimum Gasteiger partial charge on any atom is -0.381 e. The fourth-order valence-electron chi connectivity index (χ4n) is 4.05. The maximum atomic E-state index is 13.3. The molecular formula is C20H30N2O4S. The fourth-order valence-corrected chi connectivity index (χ4v) is 6.05. The molecule has 2 aliphatic rings. The Morgan fingerprint density at radius 3 is 2.00 bits per heavy atom. The molecule has 2 fully saturated rings. The highest BCUT2D eigenvalue weighted by atomic mass is 32.2. The summed E-state index contributed by atoms with van der Waals surface area (Å²) in [5.41, 5.74) is 3.62. The van der Waals surface area contributed by atoms with E-state index in [-0.39, 0.29) is 11.8 Å². The number of nitrogens with zero attached hydrogens (tertiary/aromatic N) is 2. The lowest BCUT2D eigenvalue weighted by atomic mass is 9.98. The van der Waals surface area contributed by atoms with Crippen molar-refractivity contribution in [2.45, 2.75) is 45.4 Å². The predicted molar refractivity (Wildman–Crippen MR) is 104 cm³/mol. The summed E-state index contributed by atoms with van der Waals surface area (Å²) in [6.45, 7) is 10.5. The maximum Gasteiger partial charge on any atom is 0.243 e. The summed E-state index contributed by atoms with van der Waals surface area (Å²) < 4.78 is 33.5. The molecule has 2 heterocycles. The Morgan fingerprint density at radius 2 is 1.48 bits per heavy atom. The Labute approximate surface area is 162 Å². The van der Waals surface area contributed by atoms with Crippen LogP contribution in [0.2, 0.25) is 0 Å². The van der Waals surface area contributed by atoms with Crippen LogP contribution in [0.5, 0.6) is 0 Å². The Balaban J connectivity index is 1.75. The van der Waals surface area contributed by atoms with E-state index in [4.69, 9.17) is 4.74 Å². The minimum absolute atomic E-state index is 0.0193. The molecule has 0 aromatic heterocycles. The molecule has 0 radical (unpaired) electrons. The average molecular weight is 395 g/mol. The van der Waals surface area contributed by atoms with Crippen molar-refractivity contribution >= 4 is 15.9 Å². The highest BCUT2D eigenvalue weighted by Crippen LogP contribution is 2.29. The van der Waals surface area contributed by atoms with Crippen LogP contribution in [0.4, 0.5) is 0 Å². The average Bonchev–Trinajstić information content (AvgIpc) is 2.66. The summed E-state index contributed by atoms with van der Waals surface area (Å²) in [6, 6.07) is 2.04. The van der Waals surface area contributed by atoms with E-state index in [0.717, 1.165) is 35.1 Å². The predicted octanol–water partition coefficient (Wildman–Crippen LogP) is 2.18. The molecule has 2 aliphatic heterocycles. The summed E-state index contributed by atoms with van der Waals surface area (Å²) in [6.07, 6.45) is 1.52. The van der Waals surface area contributed by atoms with Crippen LogP contribution in [0.25, 0.3) is 0 Å². The van der Waals surface area contributed by atoms with Crippen molar-refractivity contribution in [1.29, 1.82) is 0 Å². The second-order valence-corrected chi connectivity index (χ2v) is 9.58.